The summed E-state index contributed by atoms with van der Waals surface area (Å²) in [6, 6.07) is 25.3. The fourth-order valence-electron chi connectivity index (χ4n) is 3.91. The molecule has 0 saturated heterocycles. The summed E-state index contributed by atoms with van der Waals surface area (Å²) < 4.78 is 6.26. The van der Waals surface area contributed by atoms with Gasteiger partial charge in [0.15, 0.2) is 0 Å². The molecule has 37 heavy (non-hydrogen) atoms. The maximum Gasteiger partial charge on any atom is 0.353 e. The summed E-state index contributed by atoms with van der Waals surface area (Å²) in [6.07, 6.45) is 15.1. The van der Waals surface area contributed by atoms with E-state index in [4.69, 9.17) is 4.42 Å². The third-order valence-electron chi connectivity index (χ3n) is 6.06. The third kappa shape index (κ3) is 7.33. The Morgan fingerprint density at radius 2 is 1.30 bits per heavy atom. The van der Waals surface area contributed by atoms with E-state index < -0.39 is 0 Å². The SMILES string of the molecule is CC(C)(C)C1=CC(c2ccccc2)=C/C(=C/C=C/C=C/c2cc(-c3ccccc3)cc(C(C)(C)C)[o+]2)S1. The molecule has 2 aromatic carbocycles. The van der Waals surface area contributed by atoms with Crippen LogP contribution in [0.25, 0.3) is 22.8 Å². The van der Waals surface area contributed by atoms with Crippen LogP contribution in [0.1, 0.15) is 58.6 Å². The smallest absolute Gasteiger partial charge is 0.212 e. The Bertz CT molecular complexity index is 1370. The van der Waals surface area contributed by atoms with E-state index in [2.05, 4.69) is 139 Å². The van der Waals surface area contributed by atoms with Crippen molar-refractivity contribution in [2.24, 2.45) is 5.41 Å². The minimum atomic E-state index is -0.0765. The summed E-state index contributed by atoms with van der Waals surface area (Å²) in [7, 11) is 0. The fraction of sp³-hybridized carbons (Fsp3) is 0.229. The Balaban J connectivity index is 1.58. The topological polar surface area (TPSA) is 11.3 Å². The van der Waals surface area contributed by atoms with E-state index in [0.717, 1.165) is 11.5 Å². The summed E-state index contributed by atoms with van der Waals surface area (Å²) in [5, 5.41) is 0. The van der Waals surface area contributed by atoms with Gasteiger partial charge >= 0.3 is 11.5 Å². The Morgan fingerprint density at radius 1 is 0.649 bits per heavy atom. The maximum absolute atomic E-state index is 6.26. The minimum Gasteiger partial charge on any atom is -0.212 e. The predicted octanol–water partition coefficient (Wildman–Crippen LogP) is 10.7. The van der Waals surface area contributed by atoms with Gasteiger partial charge in [0.1, 0.15) is 0 Å². The van der Waals surface area contributed by atoms with Crippen molar-refractivity contribution in [3.8, 4) is 11.1 Å². The third-order valence-corrected chi connectivity index (χ3v) is 7.50. The van der Waals surface area contributed by atoms with Crippen molar-refractivity contribution in [3.05, 3.63) is 136 Å². The normalized spacial score (nSPS) is 15.9. The van der Waals surface area contributed by atoms with Crippen LogP contribution in [0.2, 0.25) is 0 Å². The molecule has 0 saturated carbocycles. The molecule has 0 aliphatic carbocycles. The molecule has 1 nitrogen and oxygen atoms in total. The second-order valence-electron chi connectivity index (χ2n) is 11.4. The first-order valence-corrected chi connectivity index (χ1v) is 13.7. The van der Waals surface area contributed by atoms with Crippen LogP contribution in [0.5, 0.6) is 0 Å². The van der Waals surface area contributed by atoms with Gasteiger partial charge in [-0.3, -0.25) is 0 Å². The van der Waals surface area contributed by atoms with Gasteiger partial charge in [0.25, 0.3) is 0 Å². The molecule has 0 amide bonds. The maximum atomic E-state index is 6.26. The molecule has 1 aliphatic heterocycles. The van der Waals surface area contributed by atoms with Crippen molar-refractivity contribution in [1.29, 1.82) is 0 Å². The lowest BCUT2D eigenvalue weighted by Crippen LogP contribution is -2.11. The van der Waals surface area contributed by atoms with Crippen LogP contribution in [0.4, 0.5) is 0 Å². The highest BCUT2D eigenvalue weighted by Crippen LogP contribution is 2.45. The number of hydrogen-bond acceptors (Lipinski definition) is 1. The van der Waals surface area contributed by atoms with Crippen molar-refractivity contribution in [3.63, 3.8) is 0 Å². The van der Waals surface area contributed by atoms with E-state index in [0.29, 0.717) is 0 Å². The Morgan fingerprint density at radius 3 is 1.92 bits per heavy atom. The van der Waals surface area contributed by atoms with E-state index >= 15 is 0 Å². The molecule has 2 heterocycles. The zero-order valence-electron chi connectivity index (χ0n) is 22.8. The van der Waals surface area contributed by atoms with Crippen molar-refractivity contribution >= 4 is 23.4 Å². The van der Waals surface area contributed by atoms with E-state index in [-0.39, 0.29) is 10.8 Å². The fourth-order valence-corrected chi connectivity index (χ4v) is 4.99. The number of allylic oxidation sites excluding steroid dienone is 8. The Hall–Kier alpha value is -3.36. The van der Waals surface area contributed by atoms with Crippen molar-refractivity contribution in [2.75, 3.05) is 0 Å². The number of benzene rings is 2. The van der Waals surface area contributed by atoms with Crippen molar-refractivity contribution < 1.29 is 4.42 Å². The monoisotopic (exact) mass is 505 g/mol. The minimum absolute atomic E-state index is 0.0765. The lowest BCUT2D eigenvalue weighted by atomic mass is 9.91. The summed E-state index contributed by atoms with van der Waals surface area (Å²) >= 11 is 1.85. The van der Waals surface area contributed by atoms with Gasteiger partial charge in [0.05, 0.1) is 11.5 Å². The lowest BCUT2D eigenvalue weighted by molar-refractivity contribution is 0.392. The molecule has 2 heteroatoms. The van der Waals surface area contributed by atoms with Crippen LogP contribution in [0.15, 0.2) is 123 Å². The van der Waals surface area contributed by atoms with Gasteiger partial charge in [-0.15, -0.1) is 0 Å². The van der Waals surface area contributed by atoms with Gasteiger partial charge in [0.2, 0.25) is 0 Å². The second-order valence-corrected chi connectivity index (χ2v) is 12.5. The van der Waals surface area contributed by atoms with Crippen LogP contribution in [-0.2, 0) is 5.41 Å². The Labute approximate surface area is 227 Å². The molecule has 4 rings (SSSR count). The van der Waals surface area contributed by atoms with Gasteiger partial charge in [-0.05, 0) is 66.0 Å². The molecular formula is C35H37OS+. The quantitative estimate of drug-likeness (QED) is 0.252. The molecule has 0 fully saturated rings. The molecule has 0 radical (unpaired) electrons. The summed E-state index contributed by atoms with van der Waals surface area (Å²) in [6.45, 7) is 13.4. The lowest BCUT2D eigenvalue weighted by Gasteiger charge is -2.26. The number of rotatable bonds is 5. The second kappa shape index (κ2) is 11.4. The largest absolute Gasteiger partial charge is 0.353 e. The van der Waals surface area contributed by atoms with Crippen LogP contribution in [0, 0.1) is 5.41 Å². The van der Waals surface area contributed by atoms with E-state index in [1.807, 2.05) is 30.0 Å². The first-order valence-electron chi connectivity index (χ1n) is 12.9. The van der Waals surface area contributed by atoms with Gasteiger partial charge < -0.3 is 0 Å². The highest BCUT2D eigenvalue weighted by atomic mass is 32.2. The average Bonchev–Trinajstić information content (AvgIpc) is 2.88. The van der Waals surface area contributed by atoms with Crippen molar-refractivity contribution in [1.82, 2.24) is 0 Å². The molecule has 1 aliphatic rings. The van der Waals surface area contributed by atoms with Crippen LogP contribution in [0.3, 0.4) is 0 Å². The number of thioether (sulfide) groups is 1. The summed E-state index contributed by atoms with van der Waals surface area (Å²) in [5.74, 6) is 1.82. The van der Waals surface area contributed by atoms with E-state index in [1.54, 1.807) is 0 Å². The molecule has 1 aromatic heterocycles. The molecule has 0 bridgehead atoms. The Kier molecular flexibility index (Phi) is 8.19. The van der Waals surface area contributed by atoms with E-state index in [9.17, 15) is 0 Å². The molecule has 0 unspecified atom stereocenters. The van der Waals surface area contributed by atoms with Gasteiger partial charge in [0, 0.05) is 22.6 Å². The average molecular weight is 506 g/mol. The van der Waals surface area contributed by atoms with Crippen LogP contribution >= 0.6 is 11.8 Å². The van der Waals surface area contributed by atoms with Gasteiger partial charge in [-0.1, -0.05) is 111 Å². The standard InChI is InChI=1S/C35H37OS/c1-34(2,3)32-24-28(26-16-10-7-11-17-26)22-30(36-32)20-14-9-15-21-31-23-29(27-18-12-8-13-19-27)25-33(37-31)35(4,5)6/h7-25H,1-6H3/q+1/b15-9+,20-14+,31-21-. The molecular weight excluding hydrogens is 468 g/mol. The molecule has 188 valence electrons. The molecule has 0 N–H and O–H groups in total. The predicted molar refractivity (Wildman–Crippen MR) is 163 cm³/mol. The molecule has 0 atom stereocenters. The van der Waals surface area contributed by atoms with Crippen molar-refractivity contribution in [2.45, 2.75) is 47.0 Å². The molecule has 3 aromatic rings. The first-order chi connectivity index (χ1) is 17.6. The highest BCUT2D eigenvalue weighted by Gasteiger charge is 2.28. The van der Waals surface area contributed by atoms with E-state index in [1.165, 1.54) is 32.1 Å². The zero-order chi connectivity index (χ0) is 26.5. The zero-order valence-corrected chi connectivity index (χ0v) is 23.6. The van der Waals surface area contributed by atoms with Crippen LogP contribution < -0.4 is 0 Å². The first kappa shape index (κ1) is 26.7. The summed E-state index contributed by atoms with van der Waals surface area (Å²) in [5.41, 5.74) is 4.88. The highest BCUT2D eigenvalue weighted by molar-refractivity contribution is 8.07. The summed E-state index contributed by atoms with van der Waals surface area (Å²) in [4.78, 5) is 2.61. The van der Waals surface area contributed by atoms with Crippen LogP contribution in [-0.4, -0.2) is 0 Å². The number of hydrogen-bond donors (Lipinski definition) is 0. The molecule has 0 spiro atoms. The van der Waals surface area contributed by atoms with Gasteiger partial charge in [-0.2, -0.15) is 0 Å². The van der Waals surface area contributed by atoms with Gasteiger partial charge in [-0.25, -0.2) is 4.42 Å².